The van der Waals surface area contributed by atoms with Gasteiger partial charge in [0.2, 0.25) is 0 Å². The van der Waals surface area contributed by atoms with Gasteiger partial charge in [-0.25, -0.2) is 0 Å². The van der Waals surface area contributed by atoms with E-state index in [-0.39, 0.29) is 0 Å². The molecule has 3 unspecified atom stereocenters. The Kier molecular flexibility index (Phi) is 5.90. The minimum Gasteiger partial charge on any atom is -0.383 e. The summed E-state index contributed by atoms with van der Waals surface area (Å²) in [6, 6.07) is 1.20. The van der Waals surface area contributed by atoms with E-state index in [1.54, 1.807) is 7.11 Å². The van der Waals surface area contributed by atoms with Crippen LogP contribution in [0.15, 0.2) is 0 Å². The maximum absolute atomic E-state index is 5.14. The van der Waals surface area contributed by atoms with E-state index in [0.717, 1.165) is 11.9 Å². The van der Waals surface area contributed by atoms with Gasteiger partial charge in [-0.15, -0.1) is 0 Å². The second kappa shape index (κ2) is 6.70. The van der Waals surface area contributed by atoms with Crippen molar-refractivity contribution in [3.05, 3.63) is 0 Å². The number of hydrogen-bond acceptors (Lipinski definition) is 3. The summed E-state index contributed by atoms with van der Waals surface area (Å²) in [6.07, 6.45) is 4.11. The van der Waals surface area contributed by atoms with Crippen LogP contribution in [0.25, 0.3) is 0 Å². The first kappa shape index (κ1) is 12.3. The maximum atomic E-state index is 5.14. The Morgan fingerprint density at radius 1 is 1.50 bits per heavy atom. The molecule has 84 valence electrons. The van der Waals surface area contributed by atoms with E-state index in [1.807, 2.05) is 0 Å². The quantitative estimate of drug-likeness (QED) is 0.737. The highest BCUT2D eigenvalue weighted by molar-refractivity contribution is 7.99. The van der Waals surface area contributed by atoms with Crippen molar-refractivity contribution < 1.29 is 4.74 Å². The predicted molar refractivity (Wildman–Crippen MR) is 64.0 cm³/mol. The summed E-state index contributed by atoms with van der Waals surface area (Å²) in [5, 5.41) is 4.50. The standard InChI is InChI=1S/C11H23NOS/c1-4-14-11-7-5-6-10(11)12-9(2)8-13-3/h9-12H,4-8H2,1-3H3. The van der Waals surface area contributed by atoms with Crippen LogP contribution in [0, 0.1) is 0 Å². The fourth-order valence-electron chi connectivity index (χ4n) is 2.19. The molecule has 1 fully saturated rings. The molecule has 0 heterocycles. The highest BCUT2D eigenvalue weighted by Gasteiger charge is 2.27. The van der Waals surface area contributed by atoms with Crippen molar-refractivity contribution in [2.75, 3.05) is 19.5 Å². The molecular weight excluding hydrogens is 194 g/mol. The Morgan fingerprint density at radius 3 is 2.93 bits per heavy atom. The zero-order chi connectivity index (χ0) is 10.4. The summed E-state index contributed by atoms with van der Waals surface area (Å²) in [5.74, 6) is 1.24. The van der Waals surface area contributed by atoms with Crippen molar-refractivity contribution in [1.82, 2.24) is 5.32 Å². The molecule has 1 aliphatic rings. The second-order valence-corrected chi connectivity index (χ2v) is 5.57. The summed E-state index contributed by atoms with van der Waals surface area (Å²) < 4.78 is 5.14. The van der Waals surface area contributed by atoms with Crippen LogP contribution < -0.4 is 5.32 Å². The maximum Gasteiger partial charge on any atom is 0.0613 e. The van der Waals surface area contributed by atoms with E-state index in [1.165, 1.54) is 25.0 Å². The molecule has 0 aromatic carbocycles. The van der Waals surface area contributed by atoms with E-state index < -0.39 is 0 Å². The zero-order valence-corrected chi connectivity index (χ0v) is 10.4. The highest BCUT2D eigenvalue weighted by atomic mass is 32.2. The highest BCUT2D eigenvalue weighted by Crippen LogP contribution is 2.30. The summed E-state index contributed by atoms with van der Waals surface area (Å²) >= 11 is 2.10. The molecule has 3 atom stereocenters. The van der Waals surface area contributed by atoms with Gasteiger partial charge >= 0.3 is 0 Å². The fourth-order valence-corrected chi connectivity index (χ4v) is 3.40. The average Bonchev–Trinajstić information content (AvgIpc) is 2.54. The zero-order valence-electron chi connectivity index (χ0n) is 9.58. The van der Waals surface area contributed by atoms with Crippen LogP contribution in [-0.2, 0) is 4.74 Å². The number of rotatable bonds is 6. The van der Waals surface area contributed by atoms with Crippen LogP contribution in [0.1, 0.15) is 33.1 Å². The van der Waals surface area contributed by atoms with Gasteiger partial charge in [0.1, 0.15) is 0 Å². The molecule has 0 saturated heterocycles. The lowest BCUT2D eigenvalue weighted by atomic mass is 10.2. The number of ether oxygens (including phenoxy) is 1. The summed E-state index contributed by atoms with van der Waals surface area (Å²) in [5.41, 5.74) is 0. The average molecular weight is 217 g/mol. The Balaban J connectivity index is 2.27. The number of methoxy groups -OCH3 is 1. The van der Waals surface area contributed by atoms with Crippen molar-refractivity contribution in [3.8, 4) is 0 Å². The van der Waals surface area contributed by atoms with Gasteiger partial charge in [0, 0.05) is 24.4 Å². The van der Waals surface area contributed by atoms with Gasteiger partial charge < -0.3 is 10.1 Å². The van der Waals surface area contributed by atoms with Crippen molar-refractivity contribution >= 4 is 11.8 Å². The van der Waals surface area contributed by atoms with Crippen LogP contribution >= 0.6 is 11.8 Å². The van der Waals surface area contributed by atoms with E-state index in [2.05, 4.69) is 30.9 Å². The lowest BCUT2D eigenvalue weighted by Crippen LogP contribution is -2.42. The first-order chi connectivity index (χ1) is 6.77. The van der Waals surface area contributed by atoms with Crippen molar-refractivity contribution in [1.29, 1.82) is 0 Å². The molecule has 0 radical (unpaired) electrons. The third-order valence-electron chi connectivity index (χ3n) is 2.75. The van der Waals surface area contributed by atoms with E-state index in [0.29, 0.717) is 12.1 Å². The Hall–Kier alpha value is 0.270. The third-order valence-corrected chi connectivity index (χ3v) is 4.07. The molecule has 14 heavy (non-hydrogen) atoms. The van der Waals surface area contributed by atoms with Gasteiger partial charge in [0.05, 0.1) is 6.61 Å². The smallest absolute Gasteiger partial charge is 0.0613 e. The molecule has 1 aliphatic carbocycles. The molecule has 1 saturated carbocycles. The molecule has 0 amide bonds. The summed E-state index contributed by atoms with van der Waals surface area (Å²) in [6.45, 7) is 5.27. The number of nitrogens with one attached hydrogen (secondary N) is 1. The van der Waals surface area contributed by atoms with Crippen molar-refractivity contribution in [3.63, 3.8) is 0 Å². The first-order valence-corrected chi connectivity index (χ1v) is 6.69. The Bertz CT molecular complexity index is 154. The molecule has 0 bridgehead atoms. The van der Waals surface area contributed by atoms with E-state index in [9.17, 15) is 0 Å². The number of hydrogen-bond donors (Lipinski definition) is 1. The van der Waals surface area contributed by atoms with Gasteiger partial charge in [-0.05, 0) is 25.5 Å². The lowest BCUT2D eigenvalue weighted by molar-refractivity contribution is 0.167. The Morgan fingerprint density at radius 2 is 2.29 bits per heavy atom. The van der Waals surface area contributed by atoms with Crippen molar-refractivity contribution in [2.24, 2.45) is 0 Å². The van der Waals surface area contributed by atoms with Crippen LogP contribution in [0.5, 0.6) is 0 Å². The molecule has 0 aromatic rings. The molecule has 3 heteroatoms. The van der Waals surface area contributed by atoms with Gasteiger partial charge in [-0.2, -0.15) is 11.8 Å². The minimum absolute atomic E-state index is 0.489. The SMILES string of the molecule is CCSC1CCCC1NC(C)COC. The summed E-state index contributed by atoms with van der Waals surface area (Å²) in [7, 11) is 1.77. The normalized spacial score (nSPS) is 29.4. The van der Waals surface area contributed by atoms with Crippen LogP contribution in [-0.4, -0.2) is 36.8 Å². The minimum atomic E-state index is 0.489. The Labute approximate surface area is 92.2 Å². The largest absolute Gasteiger partial charge is 0.383 e. The molecule has 1 rings (SSSR count). The van der Waals surface area contributed by atoms with E-state index >= 15 is 0 Å². The molecule has 1 N–H and O–H groups in total. The second-order valence-electron chi connectivity index (χ2n) is 4.05. The lowest BCUT2D eigenvalue weighted by Gasteiger charge is -2.24. The van der Waals surface area contributed by atoms with Gasteiger partial charge in [0.15, 0.2) is 0 Å². The van der Waals surface area contributed by atoms with Gasteiger partial charge in [-0.1, -0.05) is 13.3 Å². The molecule has 2 nitrogen and oxygen atoms in total. The fraction of sp³-hybridized carbons (Fsp3) is 1.00. The predicted octanol–water partition coefficient (Wildman–Crippen LogP) is 2.29. The first-order valence-electron chi connectivity index (χ1n) is 5.64. The monoisotopic (exact) mass is 217 g/mol. The molecule has 0 spiro atoms. The van der Waals surface area contributed by atoms with Crippen LogP contribution in [0.4, 0.5) is 0 Å². The van der Waals surface area contributed by atoms with Gasteiger partial charge in [0.25, 0.3) is 0 Å². The van der Waals surface area contributed by atoms with Crippen LogP contribution in [0.2, 0.25) is 0 Å². The number of thioether (sulfide) groups is 1. The third kappa shape index (κ3) is 3.79. The van der Waals surface area contributed by atoms with E-state index in [4.69, 9.17) is 4.74 Å². The topological polar surface area (TPSA) is 21.3 Å². The molecular formula is C11H23NOS. The molecule has 0 aliphatic heterocycles. The molecule has 0 aromatic heterocycles. The van der Waals surface area contributed by atoms with Crippen LogP contribution in [0.3, 0.4) is 0 Å². The summed E-state index contributed by atoms with van der Waals surface area (Å²) in [4.78, 5) is 0. The van der Waals surface area contributed by atoms with Gasteiger partial charge in [-0.3, -0.25) is 0 Å². The van der Waals surface area contributed by atoms with Crippen molar-refractivity contribution in [2.45, 2.75) is 50.4 Å².